The fraction of sp³-hybridized carbons (Fsp3) is 0.450. The predicted octanol–water partition coefficient (Wildman–Crippen LogP) is 1.08. The lowest BCUT2D eigenvalue weighted by atomic mass is 10.00. The number of carboxylic acid groups (broad SMARTS) is 1. The van der Waals surface area contributed by atoms with E-state index < -0.39 is 28.4 Å². The molecule has 0 unspecified atom stereocenters. The van der Waals surface area contributed by atoms with Gasteiger partial charge in [0.25, 0.3) is 5.56 Å². The molecule has 0 bridgehead atoms. The van der Waals surface area contributed by atoms with E-state index >= 15 is 0 Å². The van der Waals surface area contributed by atoms with Crippen LogP contribution in [0.5, 0.6) is 5.75 Å². The Kier molecular flexibility index (Phi) is 6.93. The standard InChI is InChI=1S/C20H24F3N3O5Si/c1-30-14-4-2-13(3-5-14)11-26-18(29)17(20(21,22)23)15(10-24-26)25-8-7-19(25,32)12-31-9-6-16(27)28/h2-5,10H,6-9,11-12H2,1,32H3,(H,27,28)/t19-/m1/s1. The molecule has 8 nitrogen and oxygen atoms in total. The summed E-state index contributed by atoms with van der Waals surface area (Å²) in [6.07, 6.45) is -3.37. The van der Waals surface area contributed by atoms with E-state index in [0.717, 1.165) is 10.9 Å². The third-order valence-corrected chi connectivity index (χ3v) is 6.82. The maximum atomic E-state index is 13.9. The molecule has 2 heterocycles. The second-order valence-electron chi connectivity index (χ2n) is 7.81. The fourth-order valence-electron chi connectivity index (χ4n) is 3.59. The van der Waals surface area contributed by atoms with Gasteiger partial charge in [0.1, 0.15) is 11.3 Å². The largest absolute Gasteiger partial charge is 0.497 e. The summed E-state index contributed by atoms with van der Waals surface area (Å²) in [4.78, 5) is 24.9. The lowest BCUT2D eigenvalue weighted by Gasteiger charge is -2.52. The molecule has 2 aromatic rings. The Morgan fingerprint density at radius 3 is 2.53 bits per heavy atom. The van der Waals surface area contributed by atoms with E-state index in [-0.39, 0.29) is 31.9 Å². The number of benzene rings is 1. The first-order valence-corrected chi connectivity index (χ1v) is 10.9. The van der Waals surface area contributed by atoms with Gasteiger partial charge in [-0.3, -0.25) is 9.59 Å². The summed E-state index contributed by atoms with van der Waals surface area (Å²) in [7, 11) is 1.96. The normalized spacial score (nSPS) is 18.4. The van der Waals surface area contributed by atoms with E-state index in [2.05, 4.69) is 5.10 Å². The van der Waals surface area contributed by atoms with Gasteiger partial charge in [0.05, 0.1) is 45.2 Å². The molecule has 0 radical (unpaired) electrons. The topological polar surface area (TPSA) is 93.9 Å². The van der Waals surface area contributed by atoms with Gasteiger partial charge < -0.3 is 19.5 Å². The number of carbonyl (C=O) groups is 1. The molecule has 1 aromatic carbocycles. The molecular formula is C20H24F3N3O5Si. The van der Waals surface area contributed by atoms with Gasteiger partial charge in [0.15, 0.2) is 0 Å². The molecule has 1 aliphatic rings. The van der Waals surface area contributed by atoms with E-state index in [1.54, 1.807) is 24.3 Å². The first kappa shape index (κ1) is 23.8. The second kappa shape index (κ2) is 9.33. The van der Waals surface area contributed by atoms with Crippen molar-refractivity contribution in [2.24, 2.45) is 0 Å². The van der Waals surface area contributed by atoms with Crippen LogP contribution in [0.4, 0.5) is 18.9 Å². The number of rotatable bonds is 9. The molecule has 1 aliphatic heterocycles. The van der Waals surface area contributed by atoms with E-state index in [0.29, 0.717) is 34.5 Å². The Bertz CT molecular complexity index is 1030. The van der Waals surface area contributed by atoms with Crippen LogP contribution in [0.25, 0.3) is 0 Å². The first-order valence-electron chi connectivity index (χ1n) is 9.92. The second-order valence-corrected chi connectivity index (χ2v) is 9.67. The van der Waals surface area contributed by atoms with Crippen molar-refractivity contribution in [3.63, 3.8) is 0 Å². The van der Waals surface area contributed by atoms with E-state index in [1.807, 2.05) is 0 Å². The van der Waals surface area contributed by atoms with Crippen LogP contribution < -0.4 is 15.2 Å². The van der Waals surface area contributed by atoms with Crippen molar-refractivity contribution in [3.05, 3.63) is 51.9 Å². The van der Waals surface area contributed by atoms with E-state index in [4.69, 9.17) is 14.6 Å². The molecule has 3 rings (SSSR count). The van der Waals surface area contributed by atoms with Crippen molar-refractivity contribution in [2.45, 2.75) is 30.7 Å². The minimum Gasteiger partial charge on any atom is -0.497 e. The van der Waals surface area contributed by atoms with Crippen LogP contribution >= 0.6 is 0 Å². The highest BCUT2D eigenvalue weighted by Gasteiger charge is 2.47. The van der Waals surface area contributed by atoms with Gasteiger partial charge in [0, 0.05) is 21.9 Å². The lowest BCUT2D eigenvalue weighted by Crippen LogP contribution is -2.64. The van der Waals surface area contributed by atoms with E-state index in [9.17, 15) is 22.8 Å². The summed E-state index contributed by atoms with van der Waals surface area (Å²) in [5.41, 5.74) is -2.13. The summed E-state index contributed by atoms with van der Waals surface area (Å²) < 4.78 is 53.0. The number of hydrogen-bond acceptors (Lipinski definition) is 6. The smallest absolute Gasteiger partial charge is 0.423 e. The molecule has 174 valence electrons. The summed E-state index contributed by atoms with van der Waals surface area (Å²) in [6, 6.07) is 6.61. The van der Waals surface area contributed by atoms with Gasteiger partial charge in [-0.15, -0.1) is 0 Å². The number of aromatic nitrogens is 2. The summed E-state index contributed by atoms with van der Waals surface area (Å²) in [5.74, 6) is -0.422. The summed E-state index contributed by atoms with van der Waals surface area (Å²) >= 11 is 0. The van der Waals surface area contributed by atoms with Crippen molar-refractivity contribution in [2.75, 3.05) is 31.8 Å². The van der Waals surface area contributed by atoms with Crippen LogP contribution in [0.15, 0.2) is 35.3 Å². The third kappa shape index (κ3) is 5.13. The Balaban J connectivity index is 1.87. The Labute approximate surface area is 185 Å². The molecule has 32 heavy (non-hydrogen) atoms. The molecular weight excluding hydrogens is 447 g/mol. The fourth-order valence-corrected chi connectivity index (χ4v) is 4.48. The number of halogens is 3. The number of alkyl halides is 3. The minimum absolute atomic E-state index is 0.0268. The number of carboxylic acids is 1. The van der Waals surface area contributed by atoms with Gasteiger partial charge in [0.2, 0.25) is 0 Å². The van der Waals surface area contributed by atoms with Crippen LogP contribution in [-0.2, 0) is 22.3 Å². The van der Waals surface area contributed by atoms with Crippen molar-refractivity contribution in [3.8, 4) is 5.75 Å². The number of anilines is 1. The zero-order valence-corrected chi connectivity index (χ0v) is 19.7. The quantitative estimate of drug-likeness (QED) is 0.432. The van der Waals surface area contributed by atoms with Crippen molar-refractivity contribution in [1.82, 2.24) is 9.78 Å². The molecule has 0 amide bonds. The van der Waals surface area contributed by atoms with Gasteiger partial charge in [-0.25, -0.2) is 4.68 Å². The first-order chi connectivity index (χ1) is 15.0. The zero-order chi connectivity index (χ0) is 23.5. The molecule has 1 saturated heterocycles. The van der Waals surface area contributed by atoms with Gasteiger partial charge in [-0.1, -0.05) is 12.1 Å². The summed E-state index contributed by atoms with van der Waals surface area (Å²) in [5, 5.41) is 12.0. The van der Waals surface area contributed by atoms with E-state index in [1.165, 1.54) is 12.0 Å². The summed E-state index contributed by atoms with van der Waals surface area (Å²) in [6.45, 7) is 0.286. The highest BCUT2D eigenvalue weighted by molar-refractivity contribution is 6.18. The monoisotopic (exact) mass is 471 g/mol. The molecule has 0 saturated carbocycles. The SMILES string of the molecule is COc1ccc(Cn2ncc(N3CC[C@@]3([SiH3])COCCC(=O)O)c(C(F)(F)F)c2=O)cc1. The Morgan fingerprint density at radius 2 is 2.00 bits per heavy atom. The van der Waals surface area contributed by atoms with Crippen molar-refractivity contribution < 1.29 is 32.5 Å². The van der Waals surface area contributed by atoms with Crippen LogP contribution in [-0.4, -0.2) is 63.1 Å². The molecule has 1 N–H and O–H groups in total. The van der Waals surface area contributed by atoms with Gasteiger partial charge >= 0.3 is 12.1 Å². The van der Waals surface area contributed by atoms with Crippen LogP contribution in [0.1, 0.15) is 24.0 Å². The number of methoxy groups -OCH3 is 1. The Hall–Kier alpha value is -2.86. The number of hydrogen-bond donors (Lipinski definition) is 1. The third-order valence-electron chi connectivity index (χ3n) is 5.49. The number of nitrogens with zero attached hydrogens (tertiary/aromatic N) is 3. The molecule has 0 aliphatic carbocycles. The molecule has 1 fully saturated rings. The van der Waals surface area contributed by atoms with Crippen molar-refractivity contribution in [1.29, 1.82) is 0 Å². The average Bonchev–Trinajstić information content (AvgIpc) is 2.71. The number of aliphatic carboxylic acids is 1. The van der Waals surface area contributed by atoms with Gasteiger partial charge in [-0.2, -0.15) is 18.3 Å². The van der Waals surface area contributed by atoms with Gasteiger partial charge in [-0.05, 0) is 24.1 Å². The highest BCUT2D eigenvalue weighted by Crippen LogP contribution is 2.40. The minimum atomic E-state index is -4.86. The predicted molar refractivity (Wildman–Crippen MR) is 113 cm³/mol. The molecule has 1 aromatic heterocycles. The molecule has 0 spiro atoms. The van der Waals surface area contributed by atoms with Crippen molar-refractivity contribution >= 4 is 21.9 Å². The maximum absolute atomic E-state index is 13.9. The van der Waals surface area contributed by atoms with Crippen LogP contribution in [0, 0.1) is 0 Å². The van der Waals surface area contributed by atoms with Crippen LogP contribution in [0.2, 0.25) is 0 Å². The highest BCUT2D eigenvalue weighted by atomic mass is 28.1. The molecule has 1 atom stereocenters. The number of ether oxygens (including phenoxy) is 2. The average molecular weight is 472 g/mol. The van der Waals surface area contributed by atoms with Crippen LogP contribution in [0.3, 0.4) is 0 Å². The Morgan fingerprint density at radius 1 is 1.31 bits per heavy atom. The lowest BCUT2D eigenvalue weighted by molar-refractivity contribution is -0.139. The molecule has 12 heteroatoms. The zero-order valence-electron chi connectivity index (χ0n) is 17.7. The maximum Gasteiger partial charge on any atom is 0.423 e.